The van der Waals surface area contributed by atoms with Crippen LogP contribution >= 0.6 is 0 Å². The molecule has 0 saturated carbocycles. The van der Waals surface area contributed by atoms with E-state index in [2.05, 4.69) is 20.8 Å². The molecule has 1 aliphatic heterocycles. The summed E-state index contributed by atoms with van der Waals surface area (Å²) in [5.74, 6) is -0.135. The fraction of sp³-hybridized carbons (Fsp3) is 0.320. The van der Waals surface area contributed by atoms with Crippen LogP contribution in [0.5, 0.6) is 0 Å². The van der Waals surface area contributed by atoms with Gasteiger partial charge >= 0.3 is 6.18 Å². The van der Waals surface area contributed by atoms with Crippen LogP contribution in [0.15, 0.2) is 53.1 Å². The molecule has 36 heavy (non-hydrogen) atoms. The third kappa shape index (κ3) is 4.36. The Morgan fingerprint density at radius 2 is 1.94 bits per heavy atom. The molecule has 4 aromatic rings. The van der Waals surface area contributed by atoms with Crippen molar-refractivity contribution in [3.8, 4) is 0 Å². The Labute approximate surface area is 205 Å². The predicted octanol–water partition coefficient (Wildman–Crippen LogP) is 5.56. The second-order valence-corrected chi connectivity index (χ2v) is 8.95. The Morgan fingerprint density at radius 3 is 2.64 bits per heavy atom. The van der Waals surface area contributed by atoms with Crippen molar-refractivity contribution in [3.05, 3.63) is 82.7 Å². The van der Waals surface area contributed by atoms with Crippen molar-refractivity contribution in [1.29, 1.82) is 0 Å². The highest BCUT2D eigenvalue weighted by Gasteiger charge is 2.47. The number of benzene rings is 1. The summed E-state index contributed by atoms with van der Waals surface area (Å²) < 4.78 is 49.6. The van der Waals surface area contributed by atoms with Gasteiger partial charge in [0.05, 0.1) is 35.9 Å². The molecule has 2 atom stereocenters. The van der Waals surface area contributed by atoms with Gasteiger partial charge in [0.15, 0.2) is 11.7 Å². The predicted molar refractivity (Wildman–Crippen MR) is 127 cm³/mol. The number of fused-ring (bicyclic) bond motifs is 1. The van der Waals surface area contributed by atoms with Crippen LogP contribution in [0.3, 0.4) is 0 Å². The first-order valence-electron chi connectivity index (χ1n) is 11.5. The van der Waals surface area contributed by atoms with E-state index in [1.165, 1.54) is 12.3 Å². The summed E-state index contributed by atoms with van der Waals surface area (Å²) in [6.45, 7) is 6.15. The zero-order valence-electron chi connectivity index (χ0n) is 19.9. The summed E-state index contributed by atoms with van der Waals surface area (Å²) in [6.07, 6.45) is -3.45. The molecule has 11 heteroatoms. The monoisotopic (exact) mass is 498 g/mol. The van der Waals surface area contributed by atoms with Crippen LogP contribution in [0, 0.1) is 20.8 Å². The van der Waals surface area contributed by atoms with E-state index in [4.69, 9.17) is 4.42 Å². The third-order valence-electron chi connectivity index (χ3n) is 6.51. The smallest absolute Gasteiger partial charge is 0.410 e. The maximum absolute atomic E-state index is 13.9. The average molecular weight is 499 g/mol. The van der Waals surface area contributed by atoms with Crippen LogP contribution in [0.4, 0.5) is 24.7 Å². The first-order chi connectivity index (χ1) is 17.1. The molecule has 4 heterocycles. The van der Waals surface area contributed by atoms with E-state index in [-0.39, 0.29) is 17.9 Å². The molecule has 0 radical (unpaired) electrons. The number of nitrogens with one attached hydrogen (secondary N) is 2. The molecule has 0 bridgehead atoms. The van der Waals surface area contributed by atoms with Crippen molar-refractivity contribution < 1.29 is 22.4 Å². The maximum Gasteiger partial charge on any atom is 0.410 e. The van der Waals surface area contributed by atoms with Gasteiger partial charge in [-0.15, -0.1) is 0 Å². The molecule has 1 aliphatic rings. The van der Waals surface area contributed by atoms with Gasteiger partial charge < -0.3 is 15.1 Å². The molecule has 1 amide bonds. The van der Waals surface area contributed by atoms with Crippen LogP contribution in [0.2, 0.25) is 0 Å². The molecule has 0 aliphatic carbocycles. The van der Waals surface area contributed by atoms with E-state index < -0.39 is 24.2 Å². The first kappa shape index (κ1) is 23.7. The van der Waals surface area contributed by atoms with E-state index in [1.54, 1.807) is 23.7 Å². The van der Waals surface area contributed by atoms with E-state index >= 15 is 0 Å². The van der Waals surface area contributed by atoms with E-state index in [0.29, 0.717) is 23.7 Å². The quantitative estimate of drug-likeness (QED) is 0.376. The van der Waals surface area contributed by atoms with Gasteiger partial charge in [-0.3, -0.25) is 9.48 Å². The number of rotatable bonds is 5. The second-order valence-electron chi connectivity index (χ2n) is 8.95. The number of furan rings is 1. The minimum absolute atomic E-state index is 0.0961. The highest BCUT2D eigenvalue weighted by molar-refractivity contribution is 6.04. The van der Waals surface area contributed by atoms with Crippen molar-refractivity contribution in [3.63, 3.8) is 0 Å². The summed E-state index contributed by atoms with van der Waals surface area (Å²) in [5, 5.41) is 14.4. The van der Waals surface area contributed by atoms with E-state index in [9.17, 15) is 18.0 Å². The largest absolute Gasteiger partial charge is 0.467 e. The minimum Gasteiger partial charge on any atom is -0.467 e. The normalized spacial score (nSPS) is 17.5. The lowest BCUT2D eigenvalue weighted by Gasteiger charge is -2.32. The van der Waals surface area contributed by atoms with E-state index in [1.807, 2.05) is 38.1 Å². The number of carbonyl (C=O) groups is 1. The van der Waals surface area contributed by atoms with Crippen LogP contribution in [-0.2, 0) is 6.54 Å². The molecule has 0 fully saturated rings. The Balaban J connectivity index is 1.40. The molecular weight excluding hydrogens is 473 g/mol. The Bertz CT molecular complexity index is 1400. The fourth-order valence-corrected chi connectivity index (χ4v) is 4.52. The second kappa shape index (κ2) is 8.89. The van der Waals surface area contributed by atoms with Gasteiger partial charge in [0.25, 0.3) is 5.91 Å². The number of aryl methyl sites for hydroxylation is 2. The standard InChI is InChI=1S/C25H25F3N6O2/c1-14-7-4-5-8-17(14)13-33-16(3)23(15(2)31-33)30-24(35)19-12-22-29-18(20-9-6-10-36-20)11-21(25(26,27)28)34(22)32-19/h4-10,12,18,21,29H,11,13H2,1-3H3,(H,30,35)/t18-,21-/m0/s1. The van der Waals surface area contributed by atoms with Crippen molar-refractivity contribution in [2.45, 2.75) is 52.0 Å². The van der Waals surface area contributed by atoms with Crippen LogP contribution in [-0.4, -0.2) is 31.6 Å². The molecule has 188 valence electrons. The number of hydrogen-bond acceptors (Lipinski definition) is 5. The lowest BCUT2D eigenvalue weighted by Crippen LogP contribution is -2.35. The Morgan fingerprint density at radius 1 is 1.17 bits per heavy atom. The topological polar surface area (TPSA) is 89.9 Å². The van der Waals surface area contributed by atoms with Crippen LogP contribution < -0.4 is 10.6 Å². The maximum atomic E-state index is 13.9. The first-order valence-corrected chi connectivity index (χ1v) is 11.5. The molecular formula is C25H25F3N6O2. The SMILES string of the molecule is Cc1ccccc1Cn1nc(C)c(NC(=O)c2cc3n(n2)[C@H](C(F)(F)F)C[C@@H](c2ccco2)N3)c1C. The van der Waals surface area contributed by atoms with Crippen molar-refractivity contribution in [2.75, 3.05) is 10.6 Å². The van der Waals surface area contributed by atoms with Gasteiger partial charge in [-0.25, -0.2) is 4.68 Å². The van der Waals surface area contributed by atoms with Gasteiger partial charge in [0.1, 0.15) is 11.6 Å². The Kier molecular flexibility index (Phi) is 5.85. The number of hydrogen-bond donors (Lipinski definition) is 2. The molecule has 0 spiro atoms. The molecule has 5 rings (SSSR count). The van der Waals surface area contributed by atoms with Crippen LogP contribution in [0.25, 0.3) is 0 Å². The number of halogens is 3. The van der Waals surface area contributed by atoms with Crippen LogP contribution in [0.1, 0.15) is 57.3 Å². The molecule has 1 aromatic carbocycles. The van der Waals surface area contributed by atoms with E-state index in [0.717, 1.165) is 21.5 Å². The highest BCUT2D eigenvalue weighted by atomic mass is 19.4. The summed E-state index contributed by atoms with van der Waals surface area (Å²) in [7, 11) is 0. The summed E-state index contributed by atoms with van der Waals surface area (Å²) in [4.78, 5) is 13.1. The molecule has 2 N–H and O–H groups in total. The van der Waals surface area contributed by atoms with Gasteiger partial charge in [0, 0.05) is 12.5 Å². The highest BCUT2D eigenvalue weighted by Crippen LogP contribution is 2.43. The molecule has 0 unspecified atom stereocenters. The number of alkyl halides is 3. The summed E-state index contributed by atoms with van der Waals surface area (Å²) >= 11 is 0. The van der Waals surface area contributed by atoms with Crippen molar-refractivity contribution in [2.24, 2.45) is 0 Å². The average Bonchev–Trinajstić information content (AvgIpc) is 3.56. The number of carbonyl (C=O) groups excluding carboxylic acids is 1. The number of aromatic nitrogens is 4. The lowest BCUT2D eigenvalue weighted by atomic mass is 10.0. The van der Waals surface area contributed by atoms with Gasteiger partial charge in [0.2, 0.25) is 0 Å². The zero-order chi connectivity index (χ0) is 25.6. The summed E-state index contributed by atoms with van der Waals surface area (Å²) in [6, 6.07) is 9.91. The minimum atomic E-state index is -4.55. The summed E-state index contributed by atoms with van der Waals surface area (Å²) in [5.41, 5.74) is 3.93. The van der Waals surface area contributed by atoms with Gasteiger partial charge in [-0.2, -0.15) is 23.4 Å². The van der Waals surface area contributed by atoms with Crippen molar-refractivity contribution in [1.82, 2.24) is 19.6 Å². The van der Waals surface area contributed by atoms with Gasteiger partial charge in [-0.05, 0) is 44.0 Å². The molecule has 8 nitrogen and oxygen atoms in total. The number of nitrogens with zero attached hydrogens (tertiary/aromatic N) is 4. The zero-order valence-corrected chi connectivity index (χ0v) is 19.9. The lowest BCUT2D eigenvalue weighted by molar-refractivity contribution is -0.174. The Hall–Kier alpha value is -4.02. The number of anilines is 2. The molecule has 3 aromatic heterocycles. The molecule has 0 saturated heterocycles. The van der Waals surface area contributed by atoms with Gasteiger partial charge in [-0.1, -0.05) is 24.3 Å². The number of amides is 1. The fourth-order valence-electron chi connectivity index (χ4n) is 4.52. The third-order valence-corrected chi connectivity index (χ3v) is 6.51. The van der Waals surface area contributed by atoms with Crippen molar-refractivity contribution >= 4 is 17.4 Å².